The molecule has 2 saturated heterocycles. The Hall–Kier alpha value is -3.76. The zero-order valence-electron chi connectivity index (χ0n) is 21.7. The van der Waals surface area contributed by atoms with Gasteiger partial charge in [0.15, 0.2) is 0 Å². The average molecular weight is 550 g/mol. The third kappa shape index (κ3) is 6.46. The molecule has 3 heterocycles. The van der Waals surface area contributed by atoms with Crippen LogP contribution in [-0.2, 0) is 0 Å². The molecule has 0 aliphatic carbocycles. The molecule has 2 aliphatic heterocycles. The summed E-state index contributed by atoms with van der Waals surface area (Å²) in [6.07, 6.45) is 1.65. The van der Waals surface area contributed by atoms with Crippen LogP contribution < -0.4 is 15.5 Å². The highest BCUT2D eigenvalue weighted by atomic mass is 32.1. The van der Waals surface area contributed by atoms with Crippen LogP contribution in [0, 0.1) is 5.82 Å². The predicted octanol–water partition coefficient (Wildman–Crippen LogP) is 3.93. The first-order valence-corrected chi connectivity index (χ1v) is 14.2. The van der Waals surface area contributed by atoms with Crippen LogP contribution in [0.15, 0.2) is 60.0 Å². The molecule has 204 valence electrons. The Morgan fingerprint density at radius 3 is 2.36 bits per heavy atom. The van der Waals surface area contributed by atoms with Gasteiger partial charge in [-0.15, -0.1) is 11.3 Å². The summed E-state index contributed by atoms with van der Waals surface area (Å²) >= 11 is 1.44. The quantitative estimate of drug-likeness (QED) is 0.504. The molecule has 0 spiro atoms. The van der Waals surface area contributed by atoms with E-state index in [9.17, 15) is 18.8 Å². The Balaban J connectivity index is 1.40. The fourth-order valence-corrected chi connectivity index (χ4v) is 5.68. The molecule has 2 aromatic carbocycles. The second-order valence-corrected chi connectivity index (χ2v) is 10.6. The summed E-state index contributed by atoms with van der Waals surface area (Å²) in [6.45, 7) is 5.38. The van der Waals surface area contributed by atoms with Crippen molar-refractivity contribution in [2.75, 3.05) is 62.6 Å². The van der Waals surface area contributed by atoms with Gasteiger partial charge in [-0.3, -0.25) is 14.4 Å². The molecule has 0 radical (unpaired) electrons. The lowest BCUT2D eigenvalue weighted by Gasteiger charge is -2.27. The first-order valence-electron chi connectivity index (χ1n) is 13.3. The molecule has 10 heteroatoms. The minimum atomic E-state index is -0.419. The summed E-state index contributed by atoms with van der Waals surface area (Å²) < 4.78 is 13.4. The number of halogens is 1. The lowest BCUT2D eigenvalue weighted by molar-refractivity contribution is 0.0761. The highest BCUT2D eigenvalue weighted by molar-refractivity contribution is 7.12. The maximum Gasteiger partial charge on any atom is 0.263 e. The molecule has 5 rings (SSSR count). The van der Waals surface area contributed by atoms with Crippen molar-refractivity contribution < 1.29 is 18.8 Å². The number of carbonyl (C=O) groups excluding carboxylic acids is 3. The highest BCUT2D eigenvalue weighted by Crippen LogP contribution is 2.30. The standard InChI is InChI=1S/C29H32FN5O3S/c30-23-8-5-21(6-9-23)27(36)32-24-20-22(28(37)34-13-2-11-31-12-16-34)7-10-25(24)33-14-3-15-35(18-17-33)29(38)26-4-1-19-39-26/h1,4-10,19-20,31H,2-3,11-18H2,(H,32,36). The molecular formula is C29H32FN5O3S. The molecule has 2 N–H and O–H groups in total. The molecule has 39 heavy (non-hydrogen) atoms. The lowest BCUT2D eigenvalue weighted by atomic mass is 10.1. The van der Waals surface area contributed by atoms with Crippen molar-refractivity contribution in [3.63, 3.8) is 0 Å². The number of hydrogen-bond acceptors (Lipinski definition) is 6. The van der Waals surface area contributed by atoms with Crippen molar-refractivity contribution in [3.05, 3.63) is 81.8 Å². The topological polar surface area (TPSA) is 85.0 Å². The largest absolute Gasteiger partial charge is 0.368 e. The van der Waals surface area contributed by atoms with Crippen molar-refractivity contribution in [1.29, 1.82) is 0 Å². The molecule has 3 amide bonds. The molecule has 1 aromatic heterocycles. The van der Waals surface area contributed by atoms with Gasteiger partial charge < -0.3 is 25.3 Å². The van der Waals surface area contributed by atoms with Crippen LogP contribution in [0.4, 0.5) is 15.8 Å². The fourth-order valence-electron chi connectivity index (χ4n) is 4.99. The van der Waals surface area contributed by atoms with Gasteiger partial charge in [-0.1, -0.05) is 6.07 Å². The van der Waals surface area contributed by atoms with Gasteiger partial charge >= 0.3 is 0 Å². The van der Waals surface area contributed by atoms with Crippen LogP contribution in [0.25, 0.3) is 0 Å². The van der Waals surface area contributed by atoms with E-state index in [0.29, 0.717) is 56.1 Å². The van der Waals surface area contributed by atoms with E-state index in [1.54, 1.807) is 6.07 Å². The molecule has 3 aromatic rings. The smallest absolute Gasteiger partial charge is 0.263 e. The maximum absolute atomic E-state index is 13.4. The first kappa shape index (κ1) is 26.8. The van der Waals surface area contributed by atoms with E-state index in [-0.39, 0.29) is 17.7 Å². The first-order chi connectivity index (χ1) is 19.0. The van der Waals surface area contributed by atoms with Crippen molar-refractivity contribution in [1.82, 2.24) is 15.1 Å². The van der Waals surface area contributed by atoms with E-state index in [1.807, 2.05) is 39.4 Å². The van der Waals surface area contributed by atoms with Gasteiger partial charge in [0, 0.05) is 56.9 Å². The number of nitrogens with zero attached hydrogens (tertiary/aromatic N) is 3. The van der Waals surface area contributed by atoms with Crippen LogP contribution in [0.1, 0.15) is 43.2 Å². The Kier molecular flexibility index (Phi) is 8.53. The van der Waals surface area contributed by atoms with Crippen LogP contribution in [0.3, 0.4) is 0 Å². The summed E-state index contributed by atoms with van der Waals surface area (Å²) in [5.41, 5.74) is 2.12. The van der Waals surface area contributed by atoms with E-state index < -0.39 is 5.82 Å². The number of rotatable bonds is 5. The molecular weight excluding hydrogens is 517 g/mol. The van der Waals surface area contributed by atoms with Crippen molar-refractivity contribution in [3.8, 4) is 0 Å². The third-order valence-electron chi connectivity index (χ3n) is 7.08. The van der Waals surface area contributed by atoms with Gasteiger partial charge in [0.1, 0.15) is 5.82 Å². The Morgan fingerprint density at radius 1 is 0.795 bits per heavy atom. The second kappa shape index (κ2) is 12.4. The van der Waals surface area contributed by atoms with Crippen molar-refractivity contribution in [2.45, 2.75) is 12.8 Å². The zero-order valence-corrected chi connectivity index (χ0v) is 22.5. The van der Waals surface area contributed by atoms with E-state index in [1.165, 1.54) is 35.6 Å². The number of nitrogens with one attached hydrogen (secondary N) is 2. The van der Waals surface area contributed by atoms with Gasteiger partial charge in [-0.2, -0.15) is 0 Å². The van der Waals surface area contributed by atoms with Gasteiger partial charge in [-0.25, -0.2) is 4.39 Å². The second-order valence-electron chi connectivity index (χ2n) is 9.70. The minimum absolute atomic E-state index is 0.0320. The molecule has 0 atom stereocenters. The molecule has 2 fully saturated rings. The third-order valence-corrected chi connectivity index (χ3v) is 7.94. The molecule has 2 aliphatic rings. The van der Waals surface area contributed by atoms with Crippen LogP contribution >= 0.6 is 11.3 Å². The number of amides is 3. The number of anilines is 2. The van der Waals surface area contributed by atoms with Crippen LogP contribution in [0.5, 0.6) is 0 Å². The van der Waals surface area contributed by atoms with Gasteiger partial charge in [0.2, 0.25) is 0 Å². The number of thiophene rings is 1. The van der Waals surface area contributed by atoms with Crippen LogP contribution in [0.2, 0.25) is 0 Å². The predicted molar refractivity (Wildman–Crippen MR) is 151 cm³/mol. The Bertz CT molecular complexity index is 1310. The highest BCUT2D eigenvalue weighted by Gasteiger charge is 2.24. The normalized spacial score (nSPS) is 16.4. The van der Waals surface area contributed by atoms with Gasteiger partial charge in [0.25, 0.3) is 17.7 Å². The fraction of sp³-hybridized carbons (Fsp3) is 0.345. The molecule has 0 bridgehead atoms. The maximum atomic E-state index is 13.4. The SMILES string of the molecule is O=C(Nc1cc(C(=O)N2CCCNCC2)ccc1N1CCCN(C(=O)c2cccs2)CC1)c1ccc(F)cc1. The number of benzene rings is 2. The van der Waals surface area contributed by atoms with Crippen LogP contribution in [-0.4, -0.2) is 79.9 Å². The summed E-state index contributed by atoms with van der Waals surface area (Å²) in [7, 11) is 0. The Labute approximate surface area is 231 Å². The summed E-state index contributed by atoms with van der Waals surface area (Å²) in [4.78, 5) is 46.0. The van der Waals surface area contributed by atoms with Crippen molar-refractivity contribution in [2.24, 2.45) is 0 Å². The van der Waals surface area contributed by atoms with Gasteiger partial charge in [0.05, 0.1) is 16.3 Å². The molecule has 0 saturated carbocycles. The number of carbonyl (C=O) groups is 3. The van der Waals surface area contributed by atoms with E-state index in [2.05, 4.69) is 15.5 Å². The van der Waals surface area contributed by atoms with E-state index >= 15 is 0 Å². The van der Waals surface area contributed by atoms with E-state index in [0.717, 1.165) is 36.5 Å². The molecule has 8 nitrogen and oxygen atoms in total. The lowest BCUT2D eigenvalue weighted by Crippen LogP contribution is -2.35. The Morgan fingerprint density at radius 2 is 1.56 bits per heavy atom. The minimum Gasteiger partial charge on any atom is -0.368 e. The summed E-state index contributed by atoms with van der Waals surface area (Å²) in [6, 6.07) is 14.5. The summed E-state index contributed by atoms with van der Waals surface area (Å²) in [5, 5.41) is 8.18. The number of hydrogen-bond donors (Lipinski definition) is 2. The van der Waals surface area contributed by atoms with E-state index in [4.69, 9.17) is 0 Å². The monoisotopic (exact) mass is 549 g/mol. The summed E-state index contributed by atoms with van der Waals surface area (Å²) in [5.74, 6) is -0.849. The van der Waals surface area contributed by atoms with Crippen molar-refractivity contribution >= 4 is 40.4 Å². The van der Waals surface area contributed by atoms with Gasteiger partial charge in [-0.05, 0) is 73.3 Å². The zero-order chi connectivity index (χ0) is 27.2. The average Bonchev–Trinajstić information content (AvgIpc) is 3.20. The molecule has 0 unspecified atom stereocenters.